The van der Waals surface area contributed by atoms with Crippen molar-refractivity contribution in [2.45, 2.75) is 45.2 Å². The number of amides is 3. The predicted molar refractivity (Wildman–Crippen MR) is 95.4 cm³/mol. The van der Waals surface area contributed by atoms with Gasteiger partial charge in [-0.05, 0) is 37.3 Å². The van der Waals surface area contributed by atoms with Crippen LogP contribution in [0.5, 0.6) is 0 Å². The van der Waals surface area contributed by atoms with Gasteiger partial charge in [0.1, 0.15) is 12.1 Å². The fourth-order valence-corrected chi connectivity index (χ4v) is 3.12. The molecule has 6 heteroatoms. The molecule has 6 nitrogen and oxygen atoms in total. The van der Waals surface area contributed by atoms with Crippen molar-refractivity contribution in [3.63, 3.8) is 0 Å². The minimum atomic E-state index is -0.640. The number of benzene rings is 1. The number of rotatable bonds is 6. The first-order valence-corrected chi connectivity index (χ1v) is 8.67. The Kier molecular flexibility index (Phi) is 6.56. The third kappa shape index (κ3) is 4.81. The van der Waals surface area contributed by atoms with E-state index in [1.54, 1.807) is 29.2 Å². The van der Waals surface area contributed by atoms with Gasteiger partial charge >= 0.3 is 0 Å². The maximum atomic E-state index is 12.7. The number of nitrogens with one attached hydrogen (secondary N) is 2. The number of nitrogens with zero attached hydrogens (tertiary/aromatic N) is 1. The number of carbonyl (C=O) groups is 3. The number of carbonyl (C=O) groups excluding carboxylic acids is 3. The number of hydrogen-bond acceptors (Lipinski definition) is 3. The van der Waals surface area contributed by atoms with Crippen molar-refractivity contribution in [2.24, 2.45) is 5.92 Å². The van der Waals surface area contributed by atoms with E-state index in [-0.39, 0.29) is 23.6 Å². The van der Waals surface area contributed by atoms with Crippen LogP contribution in [0.3, 0.4) is 0 Å². The summed E-state index contributed by atoms with van der Waals surface area (Å²) < 4.78 is 0. The lowest BCUT2D eigenvalue weighted by atomic mass is 10.0. The van der Waals surface area contributed by atoms with Crippen molar-refractivity contribution in [3.05, 3.63) is 42.9 Å². The Morgan fingerprint density at radius 3 is 2.52 bits per heavy atom. The summed E-state index contributed by atoms with van der Waals surface area (Å²) in [6.07, 6.45) is 1.89. The minimum Gasteiger partial charge on any atom is -0.353 e. The Morgan fingerprint density at radius 1 is 1.24 bits per heavy atom. The van der Waals surface area contributed by atoms with E-state index in [2.05, 4.69) is 17.7 Å². The molecule has 2 N–H and O–H groups in total. The third-order valence-electron chi connectivity index (χ3n) is 4.35. The van der Waals surface area contributed by atoms with E-state index in [1.165, 1.54) is 0 Å². The van der Waals surface area contributed by atoms with Gasteiger partial charge in [0.25, 0.3) is 5.91 Å². The van der Waals surface area contributed by atoms with Crippen LogP contribution in [0.15, 0.2) is 30.3 Å². The first-order chi connectivity index (χ1) is 11.9. The summed E-state index contributed by atoms with van der Waals surface area (Å²) >= 11 is 0. The highest BCUT2D eigenvalue weighted by atomic mass is 16.2. The Labute approximate surface area is 149 Å². The molecule has 0 bridgehead atoms. The van der Waals surface area contributed by atoms with Crippen LogP contribution in [0.1, 0.15) is 43.5 Å². The van der Waals surface area contributed by atoms with Crippen molar-refractivity contribution in [2.75, 3.05) is 6.54 Å². The van der Waals surface area contributed by atoms with Crippen LogP contribution >= 0.6 is 0 Å². The minimum absolute atomic E-state index is 0.153. The third-order valence-corrected chi connectivity index (χ3v) is 4.35. The van der Waals surface area contributed by atoms with E-state index in [1.807, 2.05) is 19.9 Å². The quantitative estimate of drug-likeness (QED) is 0.825. The molecule has 0 aromatic heterocycles. The van der Waals surface area contributed by atoms with Gasteiger partial charge in [0.15, 0.2) is 0 Å². The summed E-state index contributed by atoms with van der Waals surface area (Å²) in [6, 6.07) is 7.75. The molecule has 0 unspecified atom stereocenters. The summed E-state index contributed by atoms with van der Waals surface area (Å²) in [5.74, 6) is -0.509. The second kappa shape index (κ2) is 8.65. The second-order valence-corrected chi connectivity index (χ2v) is 6.75. The molecule has 1 aliphatic rings. The molecule has 0 saturated carbocycles. The first-order valence-electron chi connectivity index (χ1n) is 8.67. The van der Waals surface area contributed by atoms with Crippen molar-refractivity contribution in [1.29, 1.82) is 0 Å². The zero-order valence-electron chi connectivity index (χ0n) is 14.8. The fraction of sp³-hybridized carbons (Fsp3) is 0.474. The van der Waals surface area contributed by atoms with Crippen LogP contribution in [0.2, 0.25) is 0 Å². The Morgan fingerprint density at radius 2 is 1.92 bits per heavy atom. The molecule has 0 aliphatic carbocycles. The van der Waals surface area contributed by atoms with Crippen LogP contribution in [-0.2, 0) is 9.59 Å². The molecule has 1 radical (unpaired) electrons. The Hall–Kier alpha value is -2.37. The van der Waals surface area contributed by atoms with E-state index in [4.69, 9.17) is 0 Å². The average molecular weight is 344 g/mol. The van der Waals surface area contributed by atoms with Gasteiger partial charge in [0.2, 0.25) is 11.8 Å². The molecule has 1 aromatic carbocycles. The van der Waals surface area contributed by atoms with E-state index in [0.717, 1.165) is 6.42 Å². The Balaban J connectivity index is 2.08. The van der Waals surface area contributed by atoms with E-state index in [9.17, 15) is 14.4 Å². The largest absolute Gasteiger partial charge is 0.353 e. The number of hydrogen-bond donors (Lipinski definition) is 2. The summed E-state index contributed by atoms with van der Waals surface area (Å²) in [7, 11) is 3.39. The van der Waals surface area contributed by atoms with Crippen LogP contribution in [-0.4, -0.2) is 41.2 Å². The summed E-state index contributed by atoms with van der Waals surface area (Å²) in [6.45, 7) is 4.51. The van der Waals surface area contributed by atoms with Crippen LogP contribution in [0, 0.1) is 13.0 Å². The van der Waals surface area contributed by atoms with E-state index in [0.29, 0.717) is 24.9 Å². The molecule has 2 atom stereocenters. The standard InChI is InChI=1S/C19H26N3O3/c1-13(2)12-15(17(23)20-3)21-18(24)16-10-7-11-22(16)19(25)14-8-5-4-6-9-14/h4-6,8-9,13,15-16H,3,7,10-12H2,1-2H3,(H,20,23)(H,21,24)/t15-,16-/m0/s1. The summed E-state index contributed by atoms with van der Waals surface area (Å²) in [4.78, 5) is 38.9. The smallest absolute Gasteiger partial charge is 0.254 e. The lowest BCUT2D eigenvalue weighted by Gasteiger charge is -2.26. The van der Waals surface area contributed by atoms with Gasteiger partial charge in [-0.1, -0.05) is 32.0 Å². The highest BCUT2D eigenvalue weighted by Crippen LogP contribution is 2.21. The molecule has 135 valence electrons. The lowest BCUT2D eigenvalue weighted by molar-refractivity contribution is -0.131. The SMILES string of the molecule is [CH2]NC(=O)[C@H](CC(C)C)NC(=O)[C@@H]1CCCN1C(=O)c1ccccc1. The first kappa shape index (κ1) is 19.0. The van der Waals surface area contributed by atoms with Crippen molar-refractivity contribution >= 4 is 17.7 Å². The molecule has 1 aromatic rings. The summed E-state index contributed by atoms with van der Waals surface area (Å²) in [5, 5.41) is 5.13. The molecule has 25 heavy (non-hydrogen) atoms. The highest BCUT2D eigenvalue weighted by Gasteiger charge is 2.36. The lowest BCUT2D eigenvalue weighted by Crippen LogP contribution is -2.52. The molecular weight excluding hydrogens is 318 g/mol. The molecular formula is C19H26N3O3. The molecule has 1 aliphatic heterocycles. The monoisotopic (exact) mass is 344 g/mol. The maximum Gasteiger partial charge on any atom is 0.254 e. The normalized spacial score (nSPS) is 18.1. The van der Waals surface area contributed by atoms with Gasteiger partial charge in [0.05, 0.1) is 0 Å². The van der Waals surface area contributed by atoms with Crippen molar-refractivity contribution < 1.29 is 14.4 Å². The molecule has 1 fully saturated rings. The molecule has 0 spiro atoms. The van der Waals surface area contributed by atoms with Crippen LogP contribution in [0.4, 0.5) is 0 Å². The van der Waals surface area contributed by atoms with E-state index >= 15 is 0 Å². The molecule has 3 amide bonds. The average Bonchev–Trinajstić information content (AvgIpc) is 3.10. The summed E-state index contributed by atoms with van der Waals surface area (Å²) in [5.41, 5.74) is 0.566. The molecule has 1 saturated heterocycles. The van der Waals surface area contributed by atoms with Gasteiger partial charge in [-0.25, -0.2) is 0 Å². The molecule has 2 rings (SSSR count). The van der Waals surface area contributed by atoms with Gasteiger partial charge in [0, 0.05) is 19.2 Å². The maximum absolute atomic E-state index is 12.7. The molecule has 1 heterocycles. The highest BCUT2D eigenvalue weighted by molar-refractivity contribution is 5.98. The Bertz CT molecular complexity index is 616. The van der Waals surface area contributed by atoms with Crippen LogP contribution < -0.4 is 10.6 Å². The van der Waals surface area contributed by atoms with Gasteiger partial charge in [-0.2, -0.15) is 0 Å². The van der Waals surface area contributed by atoms with Crippen molar-refractivity contribution in [1.82, 2.24) is 15.5 Å². The predicted octanol–water partition coefficient (Wildman–Crippen LogP) is 1.73. The van der Waals surface area contributed by atoms with Crippen molar-refractivity contribution in [3.8, 4) is 0 Å². The topological polar surface area (TPSA) is 78.5 Å². The zero-order valence-corrected chi connectivity index (χ0v) is 14.8. The zero-order chi connectivity index (χ0) is 18.4. The van der Waals surface area contributed by atoms with Crippen LogP contribution in [0.25, 0.3) is 0 Å². The van der Waals surface area contributed by atoms with Gasteiger partial charge in [-0.3, -0.25) is 14.4 Å². The fourth-order valence-electron chi connectivity index (χ4n) is 3.12. The van der Waals surface area contributed by atoms with E-state index < -0.39 is 12.1 Å². The van der Waals surface area contributed by atoms with Gasteiger partial charge < -0.3 is 15.5 Å². The second-order valence-electron chi connectivity index (χ2n) is 6.75. The van der Waals surface area contributed by atoms with Gasteiger partial charge in [-0.15, -0.1) is 0 Å². The number of likely N-dealkylation sites (tertiary alicyclic amines) is 1.